The van der Waals surface area contributed by atoms with Crippen LogP contribution in [0.3, 0.4) is 0 Å². The van der Waals surface area contributed by atoms with Crippen molar-refractivity contribution in [1.82, 2.24) is 5.32 Å². The van der Waals surface area contributed by atoms with Gasteiger partial charge in [0.25, 0.3) is 0 Å². The third kappa shape index (κ3) is 9.51. The van der Waals surface area contributed by atoms with Gasteiger partial charge in [-0.25, -0.2) is 9.59 Å². The van der Waals surface area contributed by atoms with Crippen molar-refractivity contribution in [3.63, 3.8) is 0 Å². The van der Waals surface area contributed by atoms with E-state index in [0.29, 0.717) is 0 Å². The molecule has 172 valence electrons. The molecular formula is C24H30N2O6. The fourth-order valence-corrected chi connectivity index (χ4v) is 2.56. The van der Waals surface area contributed by atoms with Gasteiger partial charge in [0.1, 0.15) is 24.9 Å². The maximum atomic E-state index is 12.7. The van der Waals surface area contributed by atoms with Crippen LogP contribution in [0.2, 0.25) is 0 Å². The summed E-state index contributed by atoms with van der Waals surface area (Å²) in [6.07, 6.45) is -0.821. The molecule has 0 bridgehead atoms. The predicted octanol–water partition coefficient (Wildman–Crippen LogP) is 4.19. The van der Waals surface area contributed by atoms with Crippen LogP contribution in [0.1, 0.15) is 38.3 Å². The second-order valence-electron chi connectivity index (χ2n) is 7.94. The minimum absolute atomic E-state index is 0.0656. The van der Waals surface area contributed by atoms with Gasteiger partial charge in [0.05, 0.1) is 13.5 Å². The van der Waals surface area contributed by atoms with E-state index >= 15 is 0 Å². The van der Waals surface area contributed by atoms with Crippen molar-refractivity contribution < 1.29 is 28.6 Å². The summed E-state index contributed by atoms with van der Waals surface area (Å²) in [6.45, 7) is 5.49. The summed E-state index contributed by atoms with van der Waals surface area (Å²) in [5.74, 6) is -0.522. The van der Waals surface area contributed by atoms with Crippen LogP contribution in [0.4, 0.5) is 4.79 Å². The first-order valence-electron chi connectivity index (χ1n) is 10.2. The van der Waals surface area contributed by atoms with E-state index in [1.54, 1.807) is 20.8 Å². The first-order valence-corrected chi connectivity index (χ1v) is 10.2. The van der Waals surface area contributed by atoms with E-state index in [0.717, 1.165) is 11.1 Å². The molecule has 1 amide bonds. The van der Waals surface area contributed by atoms with Crippen molar-refractivity contribution in [2.45, 2.75) is 52.0 Å². The Labute approximate surface area is 188 Å². The number of carbonyl (C=O) groups excluding carboxylic acids is 2. The molecule has 0 aliphatic heterocycles. The van der Waals surface area contributed by atoms with Gasteiger partial charge in [0.15, 0.2) is 0 Å². The summed E-state index contributed by atoms with van der Waals surface area (Å²) >= 11 is 0. The molecule has 0 saturated heterocycles. The number of benzene rings is 2. The van der Waals surface area contributed by atoms with E-state index in [-0.39, 0.29) is 25.5 Å². The first kappa shape index (κ1) is 24.7. The van der Waals surface area contributed by atoms with Crippen molar-refractivity contribution in [3.05, 3.63) is 71.8 Å². The second-order valence-corrected chi connectivity index (χ2v) is 7.94. The molecule has 2 aromatic rings. The molecule has 0 aliphatic rings. The van der Waals surface area contributed by atoms with E-state index in [9.17, 15) is 9.59 Å². The lowest BCUT2D eigenvalue weighted by Gasteiger charge is -2.23. The van der Waals surface area contributed by atoms with Crippen LogP contribution in [0.25, 0.3) is 0 Å². The van der Waals surface area contributed by atoms with E-state index in [1.807, 2.05) is 60.7 Å². The van der Waals surface area contributed by atoms with E-state index in [1.165, 1.54) is 7.11 Å². The van der Waals surface area contributed by atoms with E-state index in [4.69, 9.17) is 19.0 Å². The molecule has 0 fully saturated rings. The molecule has 0 unspecified atom stereocenters. The molecule has 32 heavy (non-hydrogen) atoms. The topological polar surface area (TPSA) is 95.5 Å². The Hall–Kier alpha value is -3.55. The van der Waals surface area contributed by atoms with Crippen LogP contribution in [-0.4, -0.2) is 36.7 Å². The van der Waals surface area contributed by atoms with Crippen LogP contribution in [0.15, 0.2) is 65.8 Å². The highest BCUT2D eigenvalue weighted by Gasteiger charge is 2.28. The van der Waals surface area contributed by atoms with Gasteiger partial charge in [-0.2, -0.15) is 0 Å². The van der Waals surface area contributed by atoms with Crippen molar-refractivity contribution >= 4 is 18.0 Å². The zero-order valence-electron chi connectivity index (χ0n) is 18.9. The summed E-state index contributed by atoms with van der Waals surface area (Å²) in [4.78, 5) is 30.3. The Kier molecular flexibility index (Phi) is 9.53. The molecule has 0 radical (unpaired) electrons. The van der Waals surface area contributed by atoms with Gasteiger partial charge in [-0.1, -0.05) is 65.8 Å². The average Bonchev–Trinajstić information content (AvgIpc) is 2.76. The van der Waals surface area contributed by atoms with Crippen LogP contribution >= 0.6 is 0 Å². The molecule has 0 spiro atoms. The summed E-state index contributed by atoms with van der Waals surface area (Å²) in [7, 11) is 1.41. The van der Waals surface area contributed by atoms with Gasteiger partial charge in [0, 0.05) is 0 Å². The Morgan fingerprint density at radius 2 is 1.50 bits per heavy atom. The molecule has 0 heterocycles. The number of nitrogens with one attached hydrogen (secondary N) is 1. The lowest BCUT2D eigenvalue weighted by molar-refractivity contribution is -0.147. The number of rotatable bonds is 9. The van der Waals surface area contributed by atoms with E-state index < -0.39 is 23.7 Å². The van der Waals surface area contributed by atoms with Crippen LogP contribution in [0, 0.1) is 0 Å². The maximum absolute atomic E-state index is 12.7. The quantitative estimate of drug-likeness (QED) is 0.271. The van der Waals surface area contributed by atoms with Crippen molar-refractivity contribution in [1.29, 1.82) is 0 Å². The summed E-state index contributed by atoms with van der Waals surface area (Å²) in [5.41, 5.74) is 1.03. The van der Waals surface area contributed by atoms with Gasteiger partial charge in [-0.15, -0.1) is 0 Å². The highest BCUT2D eigenvalue weighted by Crippen LogP contribution is 2.10. The zero-order valence-corrected chi connectivity index (χ0v) is 18.9. The fourth-order valence-electron chi connectivity index (χ4n) is 2.56. The molecule has 0 saturated carbocycles. The highest BCUT2D eigenvalue weighted by atomic mass is 16.6. The number of methoxy groups -OCH3 is 1. The molecular weight excluding hydrogens is 412 g/mol. The van der Waals surface area contributed by atoms with Gasteiger partial charge >= 0.3 is 12.1 Å². The molecule has 2 rings (SSSR count). The SMILES string of the molecule is CO/C(C[C@H](NC(=O)OC(C)(C)C)C(=O)OCc1ccccc1)=N\OCc1ccccc1. The second kappa shape index (κ2) is 12.3. The van der Waals surface area contributed by atoms with Gasteiger partial charge in [0.2, 0.25) is 5.90 Å². The van der Waals surface area contributed by atoms with Crippen molar-refractivity contribution in [2.24, 2.45) is 5.16 Å². The number of nitrogens with zero attached hydrogens (tertiary/aromatic N) is 1. The Balaban J connectivity index is 2.04. The maximum Gasteiger partial charge on any atom is 0.408 e. The minimum Gasteiger partial charge on any atom is -0.482 e. The van der Waals surface area contributed by atoms with Gasteiger partial charge in [-0.05, 0) is 31.9 Å². The number of oxime groups is 1. The van der Waals surface area contributed by atoms with Crippen LogP contribution in [0.5, 0.6) is 0 Å². The third-order valence-corrected chi connectivity index (χ3v) is 4.05. The number of hydrogen-bond acceptors (Lipinski definition) is 7. The molecule has 0 aromatic heterocycles. The van der Waals surface area contributed by atoms with Crippen LogP contribution < -0.4 is 5.32 Å². The first-order chi connectivity index (χ1) is 15.3. The molecule has 2 aromatic carbocycles. The molecule has 1 atom stereocenters. The normalized spacial score (nSPS) is 12.4. The monoisotopic (exact) mass is 442 g/mol. The number of carbonyl (C=O) groups is 2. The van der Waals surface area contributed by atoms with Gasteiger partial charge in [-0.3, -0.25) is 0 Å². The standard InChI is InChI=1S/C24H30N2O6/c1-24(2,3)32-23(28)25-20(22(27)30-16-18-11-7-5-8-12-18)15-21(29-4)26-31-17-19-13-9-6-10-14-19/h5-14,20H,15-17H2,1-4H3,(H,25,28)/b26-21-/t20-/m0/s1. The number of amides is 1. The zero-order chi connectivity index (χ0) is 23.4. The smallest absolute Gasteiger partial charge is 0.408 e. The Morgan fingerprint density at radius 1 is 0.938 bits per heavy atom. The van der Waals surface area contributed by atoms with Crippen molar-refractivity contribution in [2.75, 3.05) is 7.11 Å². The molecule has 8 heteroatoms. The van der Waals surface area contributed by atoms with Gasteiger partial charge < -0.3 is 24.4 Å². The third-order valence-electron chi connectivity index (χ3n) is 4.05. The van der Waals surface area contributed by atoms with Crippen LogP contribution in [-0.2, 0) is 37.1 Å². The lowest BCUT2D eigenvalue weighted by atomic mass is 10.2. The fraction of sp³-hybridized carbons (Fsp3) is 0.375. The summed E-state index contributed by atoms with van der Waals surface area (Å²) < 4.78 is 15.9. The number of ether oxygens (including phenoxy) is 3. The minimum atomic E-state index is -1.08. The van der Waals surface area contributed by atoms with Crippen molar-refractivity contribution in [3.8, 4) is 0 Å². The molecule has 1 N–H and O–H groups in total. The molecule has 0 aliphatic carbocycles. The largest absolute Gasteiger partial charge is 0.482 e. The number of hydrogen-bond donors (Lipinski definition) is 1. The number of alkyl carbamates (subject to hydrolysis) is 1. The molecule has 8 nitrogen and oxygen atoms in total. The lowest BCUT2D eigenvalue weighted by Crippen LogP contribution is -2.45. The van der Waals surface area contributed by atoms with E-state index in [2.05, 4.69) is 10.5 Å². The summed E-state index contributed by atoms with van der Waals surface area (Å²) in [6, 6.07) is 17.6. The average molecular weight is 443 g/mol. The highest BCUT2D eigenvalue weighted by molar-refractivity contribution is 5.87. The summed E-state index contributed by atoms with van der Waals surface area (Å²) in [5, 5.41) is 6.48. The number of esters is 1. The predicted molar refractivity (Wildman–Crippen MR) is 120 cm³/mol. The Morgan fingerprint density at radius 3 is 2.03 bits per heavy atom. The Bertz CT molecular complexity index is 878.